The number of aromatic nitrogens is 1. The molecule has 0 unspecified atom stereocenters. The van der Waals surface area contributed by atoms with Crippen molar-refractivity contribution in [3.63, 3.8) is 0 Å². The summed E-state index contributed by atoms with van der Waals surface area (Å²) >= 11 is 1.69. The van der Waals surface area contributed by atoms with Gasteiger partial charge in [-0.1, -0.05) is 134 Å². The first-order chi connectivity index (χ1) is 19.8. The number of halogens is 1. The molecule has 3 aromatic rings. The molecule has 232 valence electrons. The predicted octanol–water partition coefficient (Wildman–Crippen LogP) is 7.03. The maximum atomic E-state index is 13.4. The molecule has 0 saturated heterocycles. The third-order valence-electron chi connectivity index (χ3n) is 7.74. The van der Waals surface area contributed by atoms with E-state index in [0.717, 1.165) is 35.5 Å². The molecule has 4 nitrogen and oxygen atoms in total. The summed E-state index contributed by atoms with van der Waals surface area (Å²) < 4.78 is 8.62. The Balaban J connectivity index is 0.00000616. The highest BCUT2D eigenvalue weighted by Crippen LogP contribution is 2.37. The van der Waals surface area contributed by atoms with E-state index in [1.807, 2.05) is 30.3 Å². The summed E-state index contributed by atoms with van der Waals surface area (Å²) in [5, 5.41) is 5.30. The number of carbonyl (C=O) groups is 1. The quantitative estimate of drug-likeness (QED) is 0.118. The van der Waals surface area contributed by atoms with Crippen LogP contribution in [0.25, 0.3) is 0 Å². The minimum atomic E-state index is -0.111. The minimum Gasteiger partial charge on any atom is -1.00 e. The monoisotopic (exact) mass is 656 g/mol. The zero-order valence-corrected chi connectivity index (χ0v) is 29.0. The van der Waals surface area contributed by atoms with Crippen molar-refractivity contribution >= 4 is 22.9 Å². The van der Waals surface area contributed by atoms with Crippen LogP contribution in [0.15, 0.2) is 53.4 Å². The van der Waals surface area contributed by atoms with Crippen LogP contribution in [0.2, 0.25) is 0 Å². The first-order valence-corrected chi connectivity index (χ1v) is 16.8. The number of benzene rings is 2. The largest absolute Gasteiger partial charge is 1.00 e. The lowest BCUT2D eigenvalue weighted by molar-refractivity contribution is -0.689. The normalized spacial score (nSPS) is 11.3. The lowest BCUT2D eigenvalue weighted by Gasteiger charge is -2.25. The van der Waals surface area contributed by atoms with Crippen LogP contribution in [0.5, 0.6) is 5.75 Å². The lowest BCUT2D eigenvalue weighted by Crippen LogP contribution is -3.00. The molecule has 1 aromatic heterocycles. The predicted molar refractivity (Wildman–Crippen MR) is 174 cm³/mol. The number of nitrogens with one attached hydrogen (secondary N) is 1. The smallest absolute Gasteiger partial charge is 0.255 e. The van der Waals surface area contributed by atoms with Crippen molar-refractivity contribution in [2.24, 2.45) is 0 Å². The molecule has 0 aliphatic rings. The van der Waals surface area contributed by atoms with Crippen LogP contribution < -0.4 is 31.6 Å². The third kappa shape index (κ3) is 12.2. The molecule has 0 aliphatic carbocycles. The molecular formula is C36H53BrN2O2S. The first kappa shape index (κ1) is 36.0. The summed E-state index contributed by atoms with van der Waals surface area (Å²) in [4.78, 5) is 13.4. The number of thiazole rings is 1. The fourth-order valence-electron chi connectivity index (χ4n) is 5.22. The standard InChI is InChI=1S/C36H52N2O2S.BrH/c1-6-7-8-9-10-11-12-13-14-15-16-17-24-40-34-32(36(3,4)5)22-19-23-33(34)37-35(39)31-21-18-20-30(25-31)26-38-28-41-27-29(38)2;/h18-23,25,27-28H,6-17,24,26H2,1-5H3;1H. The van der Waals surface area contributed by atoms with E-state index in [4.69, 9.17) is 4.74 Å². The van der Waals surface area contributed by atoms with Crippen LogP contribution in [0.4, 0.5) is 5.69 Å². The Bertz CT molecular complexity index is 1200. The van der Waals surface area contributed by atoms with Gasteiger partial charge in [-0.2, -0.15) is 4.57 Å². The number of ether oxygens (including phenoxy) is 1. The fraction of sp³-hybridized carbons (Fsp3) is 0.556. The van der Waals surface area contributed by atoms with Crippen molar-refractivity contribution < 1.29 is 31.1 Å². The van der Waals surface area contributed by atoms with Gasteiger partial charge in [0.25, 0.3) is 5.91 Å². The van der Waals surface area contributed by atoms with Crippen LogP contribution in [-0.2, 0) is 12.0 Å². The summed E-state index contributed by atoms with van der Waals surface area (Å²) in [6.45, 7) is 12.4. The third-order valence-corrected chi connectivity index (χ3v) is 8.59. The molecular weight excluding hydrogens is 604 g/mol. The Morgan fingerprint density at radius 3 is 2.10 bits per heavy atom. The van der Waals surface area contributed by atoms with E-state index in [1.165, 1.54) is 76.3 Å². The van der Waals surface area contributed by atoms with Crippen molar-refractivity contribution in [3.8, 4) is 5.75 Å². The number of hydrogen-bond donors (Lipinski definition) is 1. The van der Waals surface area contributed by atoms with E-state index >= 15 is 0 Å². The maximum absolute atomic E-state index is 13.4. The van der Waals surface area contributed by atoms with Gasteiger partial charge in [-0.15, -0.1) is 0 Å². The fourth-order valence-corrected chi connectivity index (χ4v) is 6.00. The summed E-state index contributed by atoms with van der Waals surface area (Å²) in [6, 6.07) is 14.0. The maximum Gasteiger partial charge on any atom is 0.255 e. The van der Waals surface area contributed by atoms with E-state index < -0.39 is 0 Å². The van der Waals surface area contributed by atoms with Gasteiger partial charge in [0.1, 0.15) is 5.75 Å². The van der Waals surface area contributed by atoms with E-state index in [-0.39, 0.29) is 28.3 Å². The lowest BCUT2D eigenvalue weighted by atomic mass is 9.86. The van der Waals surface area contributed by atoms with Crippen molar-refractivity contribution in [1.82, 2.24) is 0 Å². The number of unbranched alkanes of at least 4 members (excludes halogenated alkanes) is 11. The van der Waals surface area contributed by atoms with Crippen LogP contribution in [0.3, 0.4) is 0 Å². The van der Waals surface area contributed by atoms with Crippen LogP contribution >= 0.6 is 11.3 Å². The van der Waals surface area contributed by atoms with Gasteiger partial charge in [-0.25, -0.2) is 0 Å². The molecule has 0 atom stereocenters. The number of amides is 1. The molecule has 1 amide bonds. The zero-order valence-electron chi connectivity index (χ0n) is 26.6. The summed E-state index contributed by atoms with van der Waals surface area (Å²) in [5.74, 6) is 0.692. The molecule has 6 heteroatoms. The molecule has 0 radical (unpaired) electrons. The molecule has 0 bridgehead atoms. The average Bonchev–Trinajstić information content (AvgIpc) is 3.35. The van der Waals surface area contributed by atoms with E-state index in [2.05, 4.69) is 67.5 Å². The Hall–Kier alpha value is -2.18. The van der Waals surface area contributed by atoms with Gasteiger partial charge < -0.3 is 27.0 Å². The van der Waals surface area contributed by atoms with Crippen molar-refractivity contribution in [2.45, 2.75) is 124 Å². The highest BCUT2D eigenvalue weighted by Gasteiger charge is 2.23. The molecule has 0 spiro atoms. The van der Waals surface area contributed by atoms with Gasteiger partial charge in [-0.05, 0) is 30.0 Å². The second kappa shape index (κ2) is 19.2. The van der Waals surface area contributed by atoms with E-state index in [9.17, 15) is 4.79 Å². The Morgan fingerprint density at radius 2 is 1.50 bits per heavy atom. The summed E-state index contributed by atoms with van der Waals surface area (Å²) in [7, 11) is 0. The second-order valence-corrected chi connectivity index (χ2v) is 13.2. The summed E-state index contributed by atoms with van der Waals surface area (Å²) in [5.41, 5.74) is 6.86. The molecule has 0 aliphatic heterocycles. The first-order valence-electron chi connectivity index (χ1n) is 15.9. The van der Waals surface area contributed by atoms with E-state index in [0.29, 0.717) is 12.2 Å². The summed E-state index contributed by atoms with van der Waals surface area (Å²) in [6.07, 6.45) is 15.8. The second-order valence-electron chi connectivity index (χ2n) is 12.5. The minimum absolute atomic E-state index is 0. The average molecular weight is 658 g/mol. The number of nitrogens with zero attached hydrogens (tertiary/aromatic N) is 1. The number of anilines is 1. The van der Waals surface area contributed by atoms with Crippen LogP contribution in [-0.4, -0.2) is 12.5 Å². The van der Waals surface area contributed by atoms with Gasteiger partial charge in [0, 0.05) is 23.6 Å². The van der Waals surface area contributed by atoms with Gasteiger partial charge in [0.15, 0.2) is 12.2 Å². The van der Waals surface area contributed by atoms with Gasteiger partial charge in [0.05, 0.1) is 17.7 Å². The molecule has 42 heavy (non-hydrogen) atoms. The van der Waals surface area contributed by atoms with Crippen molar-refractivity contribution in [2.75, 3.05) is 11.9 Å². The number of rotatable bonds is 18. The molecule has 0 fully saturated rings. The number of para-hydroxylation sites is 1. The number of hydrogen-bond acceptors (Lipinski definition) is 3. The highest BCUT2D eigenvalue weighted by molar-refractivity contribution is 7.07. The Kier molecular flexibility index (Phi) is 16.4. The van der Waals surface area contributed by atoms with Crippen LogP contribution in [0.1, 0.15) is 132 Å². The molecule has 1 N–H and O–H groups in total. The highest BCUT2D eigenvalue weighted by atomic mass is 79.9. The topological polar surface area (TPSA) is 42.2 Å². The van der Waals surface area contributed by atoms with Gasteiger partial charge >= 0.3 is 0 Å². The zero-order chi connectivity index (χ0) is 29.5. The SMILES string of the molecule is CCCCCCCCCCCCCCOc1c(NC(=O)c2cccc(C[n+]3cscc3C)c2)cccc1C(C)(C)C.[Br-]. The molecule has 2 aromatic carbocycles. The van der Waals surface area contributed by atoms with Gasteiger partial charge in [0.2, 0.25) is 5.51 Å². The molecule has 1 heterocycles. The Morgan fingerprint density at radius 1 is 0.881 bits per heavy atom. The van der Waals surface area contributed by atoms with Crippen LogP contribution in [0, 0.1) is 6.92 Å². The Labute approximate surface area is 270 Å². The molecule has 3 rings (SSSR count). The van der Waals surface area contributed by atoms with Crippen molar-refractivity contribution in [1.29, 1.82) is 0 Å². The number of aryl methyl sites for hydroxylation is 1. The van der Waals surface area contributed by atoms with Crippen molar-refractivity contribution in [3.05, 3.63) is 75.7 Å². The molecule has 0 saturated carbocycles. The number of carbonyl (C=O) groups excluding carboxylic acids is 1. The van der Waals surface area contributed by atoms with Gasteiger partial charge in [-0.3, -0.25) is 4.79 Å². The van der Waals surface area contributed by atoms with E-state index in [1.54, 1.807) is 11.3 Å².